The zero-order valence-electron chi connectivity index (χ0n) is 23.2. The molecule has 0 amide bonds. The van der Waals surface area contributed by atoms with Crippen LogP contribution in [0.5, 0.6) is 0 Å². The van der Waals surface area contributed by atoms with E-state index in [0.717, 1.165) is 30.4 Å². The summed E-state index contributed by atoms with van der Waals surface area (Å²) in [5.74, 6) is 0.429. The topological polar surface area (TPSA) is 75.4 Å². The van der Waals surface area contributed by atoms with Gasteiger partial charge in [0, 0.05) is 16.6 Å². The minimum absolute atomic E-state index is 0.0582. The molecule has 6 nitrogen and oxygen atoms in total. The quantitative estimate of drug-likeness (QED) is 0.216. The maximum Gasteiger partial charge on any atom is 0.233 e. The highest BCUT2D eigenvalue weighted by molar-refractivity contribution is 9.10. The average Bonchev–Trinajstić information content (AvgIpc) is 3.40. The summed E-state index contributed by atoms with van der Waals surface area (Å²) in [5.41, 5.74) is 3.27. The van der Waals surface area contributed by atoms with Gasteiger partial charge in [-0.2, -0.15) is 4.98 Å². The Labute approximate surface area is 245 Å². The van der Waals surface area contributed by atoms with Crippen LogP contribution in [0, 0.1) is 0 Å². The summed E-state index contributed by atoms with van der Waals surface area (Å²) in [6.45, 7) is 9.14. The third kappa shape index (κ3) is 6.35. The van der Waals surface area contributed by atoms with E-state index < -0.39 is 9.84 Å². The third-order valence-electron chi connectivity index (χ3n) is 7.44. The van der Waals surface area contributed by atoms with E-state index in [-0.39, 0.29) is 33.2 Å². The SMILES string of the molecule is CC(C)(C)c1ccc(C(CNc2oc(-c3ccccc3)nc2S(=O)(=O)c2ccc(Br)cc2)N2CCCCC2)cc1. The second kappa shape index (κ2) is 11.9. The molecule has 4 aromatic rings. The van der Waals surface area contributed by atoms with E-state index in [0.29, 0.717) is 12.1 Å². The molecule has 1 aromatic heterocycles. The second-order valence-electron chi connectivity index (χ2n) is 11.3. The summed E-state index contributed by atoms with van der Waals surface area (Å²) < 4.78 is 34.5. The zero-order chi connectivity index (χ0) is 28.3. The Hall–Kier alpha value is -2.94. The molecule has 1 N–H and O–H groups in total. The van der Waals surface area contributed by atoms with Crippen molar-refractivity contribution in [2.24, 2.45) is 0 Å². The molecule has 0 radical (unpaired) electrons. The van der Waals surface area contributed by atoms with E-state index in [1.807, 2.05) is 30.3 Å². The molecule has 1 unspecified atom stereocenters. The number of oxazole rings is 1. The first kappa shape index (κ1) is 28.6. The molecular weight excluding hydrogens is 586 g/mol. The van der Waals surface area contributed by atoms with Crippen molar-refractivity contribution in [3.63, 3.8) is 0 Å². The lowest BCUT2D eigenvalue weighted by atomic mass is 9.86. The highest BCUT2D eigenvalue weighted by atomic mass is 79.9. The van der Waals surface area contributed by atoms with Gasteiger partial charge >= 0.3 is 0 Å². The smallest absolute Gasteiger partial charge is 0.233 e. The first-order valence-corrected chi connectivity index (χ1v) is 16.1. The largest absolute Gasteiger partial charge is 0.419 e. The van der Waals surface area contributed by atoms with E-state index >= 15 is 0 Å². The van der Waals surface area contributed by atoms with Crippen molar-refractivity contribution >= 4 is 31.7 Å². The molecule has 0 spiro atoms. The molecule has 1 fully saturated rings. The minimum Gasteiger partial charge on any atom is -0.419 e. The first-order chi connectivity index (χ1) is 19.1. The molecule has 0 aliphatic carbocycles. The van der Waals surface area contributed by atoms with Crippen LogP contribution in [0.25, 0.3) is 11.5 Å². The number of rotatable bonds is 8. The summed E-state index contributed by atoms with van der Waals surface area (Å²) in [4.78, 5) is 7.16. The van der Waals surface area contributed by atoms with Crippen LogP contribution >= 0.6 is 15.9 Å². The maximum atomic E-state index is 13.8. The van der Waals surface area contributed by atoms with Crippen molar-refractivity contribution < 1.29 is 12.8 Å². The number of halogens is 1. The second-order valence-corrected chi connectivity index (χ2v) is 14.1. The highest BCUT2D eigenvalue weighted by Crippen LogP contribution is 2.34. The van der Waals surface area contributed by atoms with Gasteiger partial charge in [-0.15, -0.1) is 0 Å². The minimum atomic E-state index is -3.93. The van der Waals surface area contributed by atoms with Crippen LogP contribution in [-0.4, -0.2) is 37.9 Å². The standard InChI is InChI=1S/C32H36BrN3O3S/c1-32(2,3)25-14-12-23(13-15-25)28(36-20-8-5-9-21-36)22-34-30-31(35-29(39-30)24-10-6-4-7-11-24)40(37,38)27-18-16-26(33)17-19-27/h4,6-7,10-19,28,34H,5,8-9,20-22H2,1-3H3. The average molecular weight is 623 g/mol. The van der Waals surface area contributed by atoms with Crippen molar-refractivity contribution in [1.82, 2.24) is 9.88 Å². The van der Waals surface area contributed by atoms with Crippen LogP contribution in [0.1, 0.15) is 57.2 Å². The van der Waals surface area contributed by atoms with Crippen LogP contribution in [0.15, 0.2) is 97.7 Å². The summed E-state index contributed by atoms with van der Waals surface area (Å²) in [7, 11) is -3.93. The number of piperidine rings is 1. The summed E-state index contributed by atoms with van der Waals surface area (Å²) in [6, 6.07) is 24.8. The third-order valence-corrected chi connectivity index (χ3v) is 9.65. The van der Waals surface area contributed by atoms with Crippen molar-refractivity contribution in [1.29, 1.82) is 0 Å². The van der Waals surface area contributed by atoms with Crippen molar-refractivity contribution in [3.8, 4) is 11.5 Å². The summed E-state index contributed by atoms with van der Waals surface area (Å²) >= 11 is 3.39. The monoisotopic (exact) mass is 621 g/mol. The number of hydrogen-bond donors (Lipinski definition) is 1. The Balaban J connectivity index is 1.50. The van der Waals surface area contributed by atoms with E-state index in [9.17, 15) is 8.42 Å². The van der Waals surface area contributed by atoms with Gasteiger partial charge in [-0.3, -0.25) is 4.90 Å². The molecule has 1 atom stereocenters. The van der Waals surface area contributed by atoms with Gasteiger partial charge in [0.1, 0.15) is 0 Å². The van der Waals surface area contributed by atoms with Crippen molar-refractivity contribution in [2.45, 2.75) is 61.4 Å². The molecule has 210 valence electrons. The zero-order valence-corrected chi connectivity index (χ0v) is 25.6. The highest BCUT2D eigenvalue weighted by Gasteiger charge is 2.30. The normalized spacial score (nSPS) is 15.6. The van der Waals surface area contributed by atoms with Crippen molar-refractivity contribution in [3.05, 3.63) is 94.5 Å². The van der Waals surface area contributed by atoms with Crippen LogP contribution in [0.3, 0.4) is 0 Å². The summed E-state index contributed by atoms with van der Waals surface area (Å²) in [5, 5.41) is 3.27. The van der Waals surface area contributed by atoms with Crippen LogP contribution in [0.2, 0.25) is 0 Å². The van der Waals surface area contributed by atoms with Crippen molar-refractivity contribution in [2.75, 3.05) is 25.0 Å². The fourth-order valence-corrected chi connectivity index (χ4v) is 6.65. The number of hydrogen-bond acceptors (Lipinski definition) is 6. The lowest BCUT2D eigenvalue weighted by Gasteiger charge is -2.35. The number of anilines is 1. The predicted molar refractivity (Wildman–Crippen MR) is 163 cm³/mol. The molecule has 1 aliphatic rings. The molecule has 1 aliphatic heterocycles. The fraction of sp³-hybridized carbons (Fsp3) is 0.344. The number of sulfone groups is 1. The molecule has 40 heavy (non-hydrogen) atoms. The number of nitrogens with zero attached hydrogens (tertiary/aromatic N) is 2. The molecule has 8 heteroatoms. The maximum absolute atomic E-state index is 13.8. The Morgan fingerprint density at radius 1 is 0.925 bits per heavy atom. The van der Waals surface area contributed by atoms with Gasteiger partial charge in [0.05, 0.1) is 10.9 Å². The van der Waals surface area contributed by atoms with E-state index in [1.54, 1.807) is 24.3 Å². The lowest BCUT2D eigenvalue weighted by molar-refractivity contribution is 0.170. The van der Waals surface area contributed by atoms with E-state index in [4.69, 9.17) is 4.42 Å². The Bertz CT molecular complexity index is 1520. The Kier molecular flexibility index (Phi) is 8.50. The molecule has 0 saturated carbocycles. The Morgan fingerprint density at radius 3 is 2.20 bits per heavy atom. The molecule has 2 heterocycles. The number of likely N-dealkylation sites (tertiary alicyclic amines) is 1. The molecule has 1 saturated heterocycles. The van der Waals surface area contributed by atoms with Crippen LogP contribution < -0.4 is 5.32 Å². The van der Waals surface area contributed by atoms with Gasteiger partial charge < -0.3 is 9.73 Å². The molecule has 0 bridgehead atoms. The van der Waals surface area contributed by atoms with Gasteiger partial charge in [-0.25, -0.2) is 8.42 Å². The van der Waals surface area contributed by atoms with E-state index in [1.165, 1.54) is 17.5 Å². The van der Waals surface area contributed by atoms with Crippen LogP contribution in [-0.2, 0) is 15.3 Å². The van der Waals surface area contributed by atoms with Gasteiger partial charge in [0.25, 0.3) is 0 Å². The number of aromatic nitrogens is 1. The lowest BCUT2D eigenvalue weighted by Crippen LogP contribution is -2.37. The Morgan fingerprint density at radius 2 is 1.57 bits per heavy atom. The van der Waals surface area contributed by atoms with E-state index in [2.05, 4.69) is 76.2 Å². The fourth-order valence-electron chi connectivity index (χ4n) is 5.11. The predicted octanol–water partition coefficient (Wildman–Crippen LogP) is 7.87. The number of benzene rings is 3. The number of nitrogens with one attached hydrogen (secondary N) is 1. The van der Waals surface area contributed by atoms with Gasteiger partial charge in [0.2, 0.25) is 26.6 Å². The first-order valence-electron chi connectivity index (χ1n) is 13.8. The molecular formula is C32H36BrN3O3S. The van der Waals surface area contributed by atoms with Gasteiger partial charge in [0.15, 0.2) is 0 Å². The molecule has 5 rings (SSSR count). The summed E-state index contributed by atoms with van der Waals surface area (Å²) in [6.07, 6.45) is 3.54. The van der Waals surface area contributed by atoms with Crippen LogP contribution in [0.4, 0.5) is 5.88 Å². The van der Waals surface area contributed by atoms with Gasteiger partial charge in [-0.05, 0) is 78.9 Å². The molecule has 3 aromatic carbocycles. The van der Waals surface area contributed by atoms with Gasteiger partial charge in [-0.1, -0.05) is 85.6 Å².